The summed E-state index contributed by atoms with van der Waals surface area (Å²) in [5, 5.41) is 13.3. The number of non-ortho nitro benzene ring substituents is 1. The average Bonchev–Trinajstić information content (AvgIpc) is 2.58. The van der Waals surface area contributed by atoms with Crippen LogP contribution in [0.3, 0.4) is 0 Å². The van der Waals surface area contributed by atoms with Crippen LogP contribution in [0.15, 0.2) is 36.5 Å². The summed E-state index contributed by atoms with van der Waals surface area (Å²) in [6.45, 7) is 6.52. The lowest BCUT2D eigenvalue weighted by Gasteiger charge is -2.32. The van der Waals surface area contributed by atoms with Gasteiger partial charge in [-0.2, -0.15) is 0 Å². The first kappa shape index (κ1) is 18.6. The van der Waals surface area contributed by atoms with E-state index in [0.29, 0.717) is 12.2 Å². The molecule has 1 aliphatic rings. The van der Waals surface area contributed by atoms with Crippen LogP contribution in [0.2, 0.25) is 0 Å². The Kier molecular flexibility index (Phi) is 6.24. The Morgan fingerprint density at radius 3 is 2.64 bits per heavy atom. The Morgan fingerprint density at radius 1 is 1.36 bits per heavy atom. The lowest BCUT2D eigenvalue weighted by atomic mass is 9.79. The largest absolute Gasteiger partial charge is 0.463 e. The summed E-state index contributed by atoms with van der Waals surface area (Å²) in [5.41, 5.74) is 0.855. The van der Waals surface area contributed by atoms with E-state index in [1.807, 2.05) is 6.92 Å². The van der Waals surface area contributed by atoms with Gasteiger partial charge in [0.25, 0.3) is 5.69 Å². The van der Waals surface area contributed by atoms with Gasteiger partial charge in [0, 0.05) is 36.8 Å². The summed E-state index contributed by atoms with van der Waals surface area (Å²) in [4.78, 5) is 34.6. The van der Waals surface area contributed by atoms with Crippen molar-refractivity contribution in [3.63, 3.8) is 0 Å². The van der Waals surface area contributed by atoms with Crippen LogP contribution in [0, 0.1) is 16.0 Å². The van der Waals surface area contributed by atoms with Crippen LogP contribution in [0.25, 0.3) is 0 Å². The molecular formula is C17H20N2O6. The highest BCUT2D eigenvalue weighted by atomic mass is 16.6. The zero-order chi connectivity index (χ0) is 18.4. The van der Waals surface area contributed by atoms with Gasteiger partial charge in [0.05, 0.1) is 11.5 Å². The molecule has 2 rings (SSSR count). The van der Waals surface area contributed by atoms with E-state index >= 15 is 0 Å². The maximum Gasteiger partial charge on any atom is 0.315 e. The maximum atomic E-state index is 12.4. The number of nitrogens with one attached hydrogen (secondary N) is 1. The lowest BCUT2D eigenvalue weighted by Crippen LogP contribution is -2.41. The molecule has 1 amide bonds. The molecule has 1 aromatic carbocycles. The first-order valence-electron chi connectivity index (χ1n) is 7.91. The molecule has 1 aliphatic heterocycles. The molecule has 8 heteroatoms. The molecule has 2 atom stereocenters. The normalized spacial score (nSPS) is 20.0. The van der Waals surface area contributed by atoms with Crippen LogP contribution < -0.4 is 5.32 Å². The third kappa shape index (κ3) is 4.63. The van der Waals surface area contributed by atoms with Crippen molar-refractivity contribution in [3.8, 4) is 0 Å². The van der Waals surface area contributed by atoms with Crippen molar-refractivity contribution in [2.24, 2.45) is 5.92 Å². The Bertz CT molecular complexity index is 670. The van der Waals surface area contributed by atoms with Crippen molar-refractivity contribution in [1.82, 2.24) is 5.32 Å². The summed E-state index contributed by atoms with van der Waals surface area (Å²) in [6, 6.07) is 5.80. The van der Waals surface area contributed by atoms with Crippen LogP contribution in [-0.2, 0) is 19.1 Å². The highest BCUT2D eigenvalue weighted by Crippen LogP contribution is 2.36. The number of nitro benzene ring substituents is 1. The molecule has 0 radical (unpaired) electrons. The lowest BCUT2D eigenvalue weighted by molar-refractivity contribution is -0.384. The van der Waals surface area contributed by atoms with E-state index in [2.05, 4.69) is 11.9 Å². The monoisotopic (exact) mass is 348 g/mol. The molecule has 8 nitrogen and oxygen atoms in total. The second kappa shape index (κ2) is 8.39. The fraction of sp³-hybridized carbons (Fsp3) is 0.412. The van der Waals surface area contributed by atoms with E-state index in [0.717, 1.165) is 0 Å². The quantitative estimate of drug-likeness (QED) is 0.349. The van der Waals surface area contributed by atoms with Gasteiger partial charge in [-0.15, -0.1) is 0 Å². The predicted molar refractivity (Wildman–Crippen MR) is 88.7 cm³/mol. The fourth-order valence-electron chi connectivity index (χ4n) is 2.76. The Labute approximate surface area is 145 Å². The average molecular weight is 348 g/mol. The number of piperidine rings is 1. The van der Waals surface area contributed by atoms with Crippen LogP contribution in [0.4, 0.5) is 5.69 Å². The standard InChI is InChI=1S/C17H20N2O6/c1-3-24-8-9-25-17(21)16-11(2)18-15(20)10-14(16)12-4-6-13(7-5-12)19(22)23/h4-7,14,16H,2-3,8-10H2,1H3,(H,18,20)/t14-,16+/m0/s1. The zero-order valence-electron chi connectivity index (χ0n) is 13.9. The van der Waals surface area contributed by atoms with E-state index in [9.17, 15) is 19.7 Å². The molecular weight excluding hydrogens is 328 g/mol. The second-order valence-corrected chi connectivity index (χ2v) is 5.57. The van der Waals surface area contributed by atoms with Gasteiger partial charge in [-0.3, -0.25) is 19.7 Å². The Morgan fingerprint density at radius 2 is 2.04 bits per heavy atom. The zero-order valence-corrected chi connectivity index (χ0v) is 13.9. The van der Waals surface area contributed by atoms with Crippen molar-refractivity contribution in [3.05, 3.63) is 52.2 Å². The smallest absolute Gasteiger partial charge is 0.315 e. The van der Waals surface area contributed by atoms with E-state index in [1.54, 1.807) is 12.1 Å². The minimum atomic E-state index is -0.749. The van der Waals surface area contributed by atoms with Crippen LogP contribution in [0.1, 0.15) is 24.8 Å². The van der Waals surface area contributed by atoms with E-state index in [1.165, 1.54) is 12.1 Å². The predicted octanol–water partition coefficient (Wildman–Crippen LogP) is 1.91. The number of ether oxygens (including phenoxy) is 2. The van der Waals surface area contributed by atoms with Crippen LogP contribution in [-0.4, -0.2) is 36.6 Å². The SMILES string of the molecule is C=C1NC(=O)C[C@@H](c2ccc([N+](=O)[O-])cc2)[C@@H]1C(=O)OCCOCC. The highest BCUT2D eigenvalue weighted by Gasteiger charge is 2.39. The fourth-order valence-corrected chi connectivity index (χ4v) is 2.76. The number of amides is 1. The number of hydrogen-bond donors (Lipinski definition) is 1. The van der Waals surface area contributed by atoms with Gasteiger partial charge in [0.15, 0.2) is 0 Å². The van der Waals surface area contributed by atoms with Crippen LogP contribution in [0.5, 0.6) is 0 Å². The van der Waals surface area contributed by atoms with Crippen molar-refractivity contribution >= 4 is 17.6 Å². The molecule has 25 heavy (non-hydrogen) atoms. The molecule has 0 saturated carbocycles. The summed E-state index contributed by atoms with van der Waals surface area (Å²) in [5.74, 6) is -2.00. The first-order valence-corrected chi connectivity index (χ1v) is 7.91. The number of rotatable bonds is 7. The number of esters is 1. The molecule has 1 N–H and O–H groups in total. The molecule has 1 aromatic rings. The van der Waals surface area contributed by atoms with Crippen molar-refractivity contribution in [1.29, 1.82) is 0 Å². The highest BCUT2D eigenvalue weighted by molar-refractivity contribution is 5.86. The van der Waals surface area contributed by atoms with Crippen molar-refractivity contribution in [2.75, 3.05) is 19.8 Å². The molecule has 0 aliphatic carbocycles. The summed E-state index contributed by atoms with van der Waals surface area (Å²) in [6.07, 6.45) is 0.0715. The van der Waals surface area contributed by atoms with Crippen molar-refractivity contribution < 1.29 is 24.0 Å². The minimum absolute atomic E-state index is 0.0568. The second-order valence-electron chi connectivity index (χ2n) is 5.57. The number of nitrogens with zero attached hydrogens (tertiary/aromatic N) is 1. The Balaban J connectivity index is 2.18. The number of carbonyl (C=O) groups is 2. The van der Waals surface area contributed by atoms with Crippen LogP contribution >= 0.6 is 0 Å². The number of nitro groups is 1. The molecule has 0 aromatic heterocycles. The van der Waals surface area contributed by atoms with Gasteiger partial charge in [-0.05, 0) is 12.5 Å². The van der Waals surface area contributed by atoms with E-state index < -0.39 is 22.7 Å². The van der Waals surface area contributed by atoms with Crippen molar-refractivity contribution in [2.45, 2.75) is 19.3 Å². The number of hydrogen-bond acceptors (Lipinski definition) is 6. The maximum absolute atomic E-state index is 12.4. The van der Waals surface area contributed by atoms with E-state index in [-0.39, 0.29) is 36.9 Å². The Hall–Kier alpha value is -2.74. The summed E-state index contributed by atoms with van der Waals surface area (Å²) >= 11 is 0. The third-order valence-electron chi connectivity index (χ3n) is 3.95. The topological polar surface area (TPSA) is 108 Å². The molecule has 1 saturated heterocycles. The van der Waals surface area contributed by atoms with Gasteiger partial charge in [0.2, 0.25) is 5.91 Å². The van der Waals surface area contributed by atoms with Gasteiger partial charge in [-0.1, -0.05) is 18.7 Å². The molecule has 1 fully saturated rings. The molecule has 134 valence electrons. The number of benzene rings is 1. The minimum Gasteiger partial charge on any atom is -0.463 e. The van der Waals surface area contributed by atoms with Gasteiger partial charge >= 0.3 is 5.97 Å². The number of carbonyl (C=O) groups excluding carboxylic acids is 2. The molecule has 0 spiro atoms. The molecule has 1 heterocycles. The summed E-state index contributed by atoms with van der Waals surface area (Å²) in [7, 11) is 0. The van der Waals surface area contributed by atoms with E-state index in [4.69, 9.17) is 9.47 Å². The van der Waals surface area contributed by atoms with Gasteiger partial charge < -0.3 is 14.8 Å². The molecule has 0 bridgehead atoms. The third-order valence-corrected chi connectivity index (χ3v) is 3.95. The van der Waals surface area contributed by atoms with Gasteiger partial charge in [0.1, 0.15) is 12.5 Å². The van der Waals surface area contributed by atoms with Gasteiger partial charge in [-0.25, -0.2) is 0 Å². The first-order chi connectivity index (χ1) is 11.9. The summed E-state index contributed by atoms with van der Waals surface area (Å²) < 4.78 is 10.3. The molecule has 0 unspecified atom stereocenters.